The standard InChI is InChI=1S/C20H25N3O3/c1-13-6-8-16(9-7-13)21-15(3)20(24)23-22-14(2)18-11-10-17(25-4)12-19(18)26-5/h6-12,15,21H,1-5H3,(H,23,24)/t15-/m0/s1. The predicted molar refractivity (Wildman–Crippen MR) is 104 cm³/mol. The van der Waals surface area contributed by atoms with E-state index in [1.54, 1.807) is 27.2 Å². The number of hydrogen-bond donors (Lipinski definition) is 2. The third-order valence-electron chi connectivity index (χ3n) is 3.96. The molecule has 0 aliphatic carbocycles. The van der Waals surface area contributed by atoms with Gasteiger partial charge < -0.3 is 14.8 Å². The minimum absolute atomic E-state index is 0.225. The third-order valence-corrected chi connectivity index (χ3v) is 3.96. The molecule has 0 heterocycles. The van der Waals surface area contributed by atoms with E-state index in [-0.39, 0.29) is 5.91 Å². The third kappa shape index (κ3) is 4.99. The van der Waals surface area contributed by atoms with E-state index >= 15 is 0 Å². The molecule has 2 N–H and O–H groups in total. The van der Waals surface area contributed by atoms with Crippen molar-refractivity contribution in [1.29, 1.82) is 0 Å². The van der Waals surface area contributed by atoms with Gasteiger partial charge >= 0.3 is 0 Å². The molecule has 0 unspecified atom stereocenters. The zero-order chi connectivity index (χ0) is 19.1. The van der Waals surface area contributed by atoms with E-state index in [1.807, 2.05) is 50.2 Å². The van der Waals surface area contributed by atoms with Gasteiger partial charge in [0.1, 0.15) is 17.5 Å². The molecule has 6 nitrogen and oxygen atoms in total. The summed E-state index contributed by atoms with van der Waals surface area (Å²) in [5.41, 5.74) is 6.07. The van der Waals surface area contributed by atoms with Gasteiger partial charge in [-0.25, -0.2) is 5.43 Å². The Morgan fingerprint density at radius 3 is 2.38 bits per heavy atom. The van der Waals surface area contributed by atoms with E-state index in [0.29, 0.717) is 17.2 Å². The lowest BCUT2D eigenvalue weighted by Gasteiger charge is -2.14. The summed E-state index contributed by atoms with van der Waals surface area (Å²) in [4.78, 5) is 12.3. The van der Waals surface area contributed by atoms with E-state index in [9.17, 15) is 4.79 Å². The van der Waals surface area contributed by atoms with Gasteiger partial charge in [0.05, 0.1) is 19.9 Å². The Kier molecular flexibility index (Phi) is 6.60. The lowest BCUT2D eigenvalue weighted by molar-refractivity contribution is -0.121. The molecule has 0 aliphatic heterocycles. The van der Waals surface area contributed by atoms with Crippen molar-refractivity contribution in [3.05, 3.63) is 53.6 Å². The van der Waals surface area contributed by atoms with E-state index in [0.717, 1.165) is 11.3 Å². The van der Waals surface area contributed by atoms with Crippen LogP contribution >= 0.6 is 0 Å². The average Bonchev–Trinajstić information content (AvgIpc) is 2.66. The molecule has 0 bridgehead atoms. The van der Waals surface area contributed by atoms with E-state index in [2.05, 4.69) is 15.8 Å². The van der Waals surface area contributed by atoms with Gasteiger partial charge in [0.2, 0.25) is 0 Å². The minimum Gasteiger partial charge on any atom is -0.497 e. The molecule has 0 aliphatic rings. The molecule has 0 saturated carbocycles. The highest BCUT2D eigenvalue weighted by atomic mass is 16.5. The van der Waals surface area contributed by atoms with Crippen LogP contribution in [0.3, 0.4) is 0 Å². The fourth-order valence-corrected chi connectivity index (χ4v) is 2.36. The normalized spacial score (nSPS) is 12.3. The monoisotopic (exact) mass is 355 g/mol. The second-order valence-electron chi connectivity index (χ2n) is 5.97. The number of carbonyl (C=O) groups excluding carboxylic acids is 1. The van der Waals surface area contributed by atoms with Crippen molar-refractivity contribution in [2.45, 2.75) is 26.8 Å². The Labute approximate surface area is 154 Å². The molecule has 1 atom stereocenters. The van der Waals surface area contributed by atoms with E-state index in [4.69, 9.17) is 9.47 Å². The number of benzene rings is 2. The maximum absolute atomic E-state index is 12.3. The number of nitrogens with one attached hydrogen (secondary N) is 2. The largest absolute Gasteiger partial charge is 0.497 e. The van der Waals surface area contributed by atoms with Crippen LogP contribution in [0.4, 0.5) is 5.69 Å². The highest BCUT2D eigenvalue weighted by Gasteiger charge is 2.13. The summed E-state index contributed by atoms with van der Waals surface area (Å²) < 4.78 is 10.6. The van der Waals surface area contributed by atoms with Crippen molar-refractivity contribution in [1.82, 2.24) is 5.43 Å². The van der Waals surface area contributed by atoms with Crippen LogP contribution in [0.1, 0.15) is 25.0 Å². The maximum atomic E-state index is 12.3. The molecule has 138 valence electrons. The van der Waals surface area contributed by atoms with Gasteiger partial charge in [0.25, 0.3) is 5.91 Å². The Morgan fingerprint density at radius 2 is 1.77 bits per heavy atom. The van der Waals surface area contributed by atoms with E-state index < -0.39 is 6.04 Å². The van der Waals surface area contributed by atoms with Crippen LogP contribution in [-0.4, -0.2) is 31.9 Å². The SMILES string of the molecule is COc1ccc(C(C)=NNC(=O)[C@H](C)Nc2ccc(C)cc2)c(OC)c1. The maximum Gasteiger partial charge on any atom is 0.262 e. The first-order valence-electron chi connectivity index (χ1n) is 8.34. The van der Waals surface area contributed by atoms with Crippen molar-refractivity contribution in [3.8, 4) is 11.5 Å². The van der Waals surface area contributed by atoms with Gasteiger partial charge in [-0.15, -0.1) is 0 Å². The van der Waals surface area contributed by atoms with Crippen LogP contribution < -0.4 is 20.2 Å². The van der Waals surface area contributed by atoms with Crippen LogP contribution in [0.2, 0.25) is 0 Å². The second-order valence-corrected chi connectivity index (χ2v) is 5.97. The van der Waals surface area contributed by atoms with Crippen molar-refractivity contribution in [2.24, 2.45) is 5.10 Å². The quantitative estimate of drug-likeness (QED) is 0.590. The minimum atomic E-state index is -0.424. The number of hydrazone groups is 1. The molecule has 1 amide bonds. The summed E-state index contributed by atoms with van der Waals surface area (Å²) in [6.07, 6.45) is 0. The Hall–Kier alpha value is -3.02. The van der Waals surface area contributed by atoms with Crippen LogP contribution in [0, 0.1) is 6.92 Å². The molecule has 0 aromatic heterocycles. The average molecular weight is 355 g/mol. The smallest absolute Gasteiger partial charge is 0.262 e. The number of aryl methyl sites for hydroxylation is 1. The molecular weight excluding hydrogens is 330 g/mol. The summed E-state index contributed by atoms with van der Waals surface area (Å²) in [5.74, 6) is 1.10. The number of nitrogens with zero attached hydrogens (tertiary/aromatic N) is 1. The van der Waals surface area contributed by atoms with E-state index in [1.165, 1.54) is 5.56 Å². The molecule has 2 aromatic rings. The first kappa shape index (κ1) is 19.3. The van der Waals surface area contributed by atoms with Gasteiger partial charge in [-0.05, 0) is 45.0 Å². The summed E-state index contributed by atoms with van der Waals surface area (Å²) in [6, 6.07) is 12.9. The lowest BCUT2D eigenvalue weighted by Crippen LogP contribution is -2.35. The Morgan fingerprint density at radius 1 is 1.08 bits per heavy atom. The molecule has 0 radical (unpaired) electrons. The van der Waals surface area contributed by atoms with Gasteiger partial charge in [-0.1, -0.05) is 17.7 Å². The number of anilines is 1. The van der Waals surface area contributed by atoms with Crippen molar-refractivity contribution in [2.75, 3.05) is 19.5 Å². The molecule has 0 saturated heterocycles. The van der Waals surface area contributed by atoms with Gasteiger partial charge in [-0.2, -0.15) is 5.10 Å². The molecule has 0 spiro atoms. The van der Waals surface area contributed by atoms with Gasteiger partial charge in [-0.3, -0.25) is 4.79 Å². The fraction of sp³-hybridized carbons (Fsp3) is 0.300. The highest BCUT2D eigenvalue weighted by molar-refractivity contribution is 6.02. The lowest BCUT2D eigenvalue weighted by atomic mass is 10.1. The molecule has 26 heavy (non-hydrogen) atoms. The van der Waals surface area contributed by atoms with Gasteiger partial charge in [0, 0.05) is 17.3 Å². The molecular formula is C20H25N3O3. The summed E-state index contributed by atoms with van der Waals surface area (Å²) in [7, 11) is 3.18. The van der Waals surface area contributed by atoms with Crippen molar-refractivity contribution in [3.63, 3.8) is 0 Å². The van der Waals surface area contributed by atoms with Crippen LogP contribution in [0.5, 0.6) is 11.5 Å². The first-order valence-corrected chi connectivity index (χ1v) is 8.34. The van der Waals surface area contributed by atoms with Crippen LogP contribution in [0.15, 0.2) is 47.6 Å². The van der Waals surface area contributed by atoms with Crippen molar-refractivity contribution < 1.29 is 14.3 Å². The van der Waals surface area contributed by atoms with Crippen LogP contribution in [0.25, 0.3) is 0 Å². The zero-order valence-corrected chi connectivity index (χ0v) is 15.8. The number of carbonyl (C=O) groups is 1. The number of amides is 1. The Balaban J connectivity index is 2.03. The number of hydrogen-bond acceptors (Lipinski definition) is 5. The summed E-state index contributed by atoms with van der Waals surface area (Å²) >= 11 is 0. The van der Waals surface area contributed by atoms with Crippen molar-refractivity contribution >= 4 is 17.3 Å². The zero-order valence-electron chi connectivity index (χ0n) is 15.8. The molecule has 6 heteroatoms. The predicted octanol–water partition coefficient (Wildman–Crippen LogP) is 3.35. The first-order chi connectivity index (χ1) is 12.4. The highest BCUT2D eigenvalue weighted by Crippen LogP contribution is 2.25. The Bertz CT molecular complexity index is 785. The number of ether oxygens (including phenoxy) is 2. The number of rotatable bonds is 7. The van der Waals surface area contributed by atoms with Gasteiger partial charge in [0.15, 0.2) is 0 Å². The fourth-order valence-electron chi connectivity index (χ4n) is 2.36. The summed E-state index contributed by atoms with van der Waals surface area (Å²) in [5, 5.41) is 7.34. The summed E-state index contributed by atoms with van der Waals surface area (Å²) in [6.45, 7) is 5.61. The second kappa shape index (κ2) is 8.89. The van der Waals surface area contributed by atoms with Crippen LogP contribution in [-0.2, 0) is 4.79 Å². The molecule has 2 rings (SSSR count). The molecule has 0 fully saturated rings. The molecule has 2 aromatic carbocycles. The topological polar surface area (TPSA) is 72.0 Å². The number of methoxy groups -OCH3 is 2.